The van der Waals surface area contributed by atoms with Crippen LogP contribution in [0.1, 0.15) is 90.4 Å². The monoisotopic (exact) mass is 704 g/mol. The summed E-state index contributed by atoms with van der Waals surface area (Å²) >= 11 is -8.96. The first-order valence-corrected chi connectivity index (χ1v) is 17.4. The Morgan fingerprint density at radius 1 is 0.421 bits per heavy atom. The molecule has 0 aliphatic carbocycles. The van der Waals surface area contributed by atoms with Gasteiger partial charge in [-0.2, -0.15) is 0 Å². The summed E-state index contributed by atoms with van der Waals surface area (Å²) in [6, 6.07) is 0. The van der Waals surface area contributed by atoms with Gasteiger partial charge in [0.2, 0.25) is 0 Å². The van der Waals surface area contributed by atoms with Crippen LogP contribution in [-0.2, 0) is 3.07 Å². The quantitative estimate of drug-likeness (QED) is 0.0785. The van der Waals surface area contributed by atoms with Crippen molar-refractivity contribution in [1.82, 2.24) is 0 Å². The fraction of sp³-hybridized carbons (Fsp3) is 1.00. The normalized spacial score (nSPS) is 14.8. The molecule has 0 atom stereocenters. The number of unbranched alkanes of at least 4 members (excludes halogenated alkanes) is 6. The molecule has 0 spiro atoms. The van der Waals surface area contributed by atoms with Crippen molar-refractivity contribution in [1.29, 1.82) is 0 Å². The minimum atomic E-state index is -8.96. The molecule has 0 saturated carbocycles. The van der Waals surface area contributed by atoms with Crippen molar-refractivity contribution in [2.45, 2.75) is 121 Å². The van der Waals surface area contributed by atoms with Gasteiger partial charge in [-0.1, -0.05) is 0 Å². The van der Waals surface area contributed by atoms with E-state index in [2.05, 4.69) is 3.07 Å². The Bertz CT molecular complexity index is 597. The van der Waals surface area contributed by atoms with Crippen LogP contribution >= 0.6 is 0 Å². The molecule has 0 amide bonds. The molecule has 1 nitrogen and oxygen atoms in total. The van der Waals surface area contributed by atoms with Gasteiger partial charge in [0.15, 0.2) is 0 Å². The molecule has 0 aromatic rings. The second kappa shape index (κ2) is 14.6. The maximum absolute atomic E-state index is 15.2. The van der Waals surface area contributed by atoms with E-state index in [9.17, 15) is 39.5 Å². The first-order valence-electron chi connectivity index (χ1n) is 11.9. The van der Waals surface area contributed by atoms with Crippen LogP contribution in [0.15, 0.2) is 0 Å². The molecule has 0 aromatic heterocycles. The molecule has 0 heterocycles. The summed E-state index contributed by atoms with van der Waals surface area (Å²) in [6.07, 6.45) is -29.3. The van der Waals surface area contributed by atoms with E-state index in [0.717, 1.165) is 19.3 Å². The summed E-state index contributed by atoms with van der Waals surface area (Å²) in [6.45, 7) is 0.589. The number of alkyl halides is 15. The Morgan fingerprint density at radius 2 is 0.711 bits per heavy atom. The van der Waals surface area contributed by atoms with Crippen LogP contribution < -0.4 is 0 Å². The zero-order valence-corrected chi connectivity index (χ0v) is 23.3. The van der Waals surface area contributed by atoms with Gasteiger partial charge in [-0.05, 0) is 0 Å². The van der Waals surface area contributed by atoms with E-state index >= 15 is 26.3 Å². The molecule has 0 rings (SSSR count). The van der Waals surface area contributed by atoms with Crippen LogP contribution in [0.5, 0.6) is 0 Å². The average molecular weight is 703 g/mol. The van der Waals surface area contributed by atoms with Crippen molar-refractivity contribution >= 4 is 18.8 Å². The SMILES string of the molecule is CCCCCCCCC[O][Sn]([C](F)(F)CCC(F)(F)F)([C](F)(F)CCC(F)(F)F)[C](F)(F)CCC(F)(F)F. The summed E-state index contributed by atoms with van der Waals surface area (Å²) in [4.78, 5) is 0. The Morgan fingerprint density at radius 3 is 1.00 bits per heavy atom. The average Bonchev–Trinajstić information content (AvgIpc) is 2.72. The Balaban J connectivity index is 6.47. The summed E-state index contributed by atoms with van der Waals surface area (Å²) in [5.41, 5.74) is 0. The van der Waals surface area contributed by atoms with Gasteiger partial charge >= 0.3 is 215 Å². The van der Waals surface area contributed by atoms with Gasteiger partial charge in [0.05, 0.1) is 0 Å². The zero-order valence-electron chi connectivity index (χ0n) is 20.5. The number of halogens is 15. The number of rotatable bonds is 18. The van der Waals surface area contributed by atoms with E-state index < -0.39 is 101 Å². The van der Waals surface area contributed by atoms with E-state index in [4.69, 9.17) is 0 Å². The van der Waals surface area contributed by atoms with Gasteiger partial charge < -0.3 is 0 Å². The van der Waals surface area contributed by atoms with Crippen molar-refractivity contribution in [3.05, 3.63) is 0 Å². The molecule has 17 heteroatoms. The van der Waals surface area contributed by atoms with Gasteiger partial charge in [0.1, 0.15) is 0 Å². The Kier molecular flexibility index (Phi) is 14.4. The first-order chi connectivity index (χ1) is 16.9. The third-order valence-corrected chi connectivity index (χ3v) is 18.6. The van der Waals surface area contributed by atoms with Crippen molar-refractivity contribution < 1.29 is 68.9 Å². The van der Waals surface area contributed by atoms with Crippen molar-refractivity contribution in [2.24, 2.45) is 0 Å². The van der Waals surface area contributed by atoms with Crippen LogP contribution in [0.2, 0.25) is 0 Å². The molecule has 0 aliphatic heterocycles. The summed E-state index contributed by atoms with van der Waals surface area (Å²) in [5, 5.41) is 0. The molecule has 0 saturated heterocycles. The molecule has 230 valence electrons. The van der Waals surface area contributed by atoms with E-state index in [1.54, 1.807) is 0 Å². The second-order valence-electron chi connectivity index (χ2n) is 9.11. The van der Waals surface area contributed by atoms with Gasteiger partial charge in [0, 0.05) is 0 Å². The van der Waals surface area contributed by atoms with Crippen molar-refractivity contribution in [2.75, 3.05) is 6.61 Å². The summed E-state index contributed by atoms with van der Waals surface area (Å²) in [5.74, 6) is 0. The predicted octanol–water partition coefficient (Wildman–Crippen LogP) is 10.3. The molecular formula is C21H31F15OSn. The molecule has 0 aliphatic rings. The molecule has 0 bridgehead atoms. The molecule has 38 heavy (non-hydrogen) atoms. The summed E-state index contributed by atoms with van der Waals surface area (Å²) < 4.78 is 192. The third kappa shape index (κ3) is 12.5. The molecule has 0 fully saturated rings. The molecular weight excluding hydrogens is 672 g/mol. The summed E-state index contributed by atoms with van der Waals surface area (Å²) in [7, 11) is 0. The zero-order chi connectivity index (χ0) is 30.1. The second-order valence-corrected chi connectivity index (χ2v) is 20.1. The van der Waals surface area contributed by atoms with Crippen LogP contribution in [0.3, 0.4) is 0 Å². The first kappa shape index (κ1) is 37.7. The van der Waals surface area contributed by atoms with E-state index in [1.165, 1.54) is 0 Å². The van der Waals surface area contributed by atoms with Gasteiger partial charge in [0.25, 0.3) is 0 Å². The maximum atomic E-state index is 15.2. The van der Waals surface area contributed by atoms with Crippen LogP contribution in [0.25, 0.3) is 0 Å². The number of hydrogen-bond acceptors (Lipinski definition) is 1. The number of hydrogen-bond donors (Lipinski definition) is 0. The topological polar surface area (TPSA) is 9.23 Å². The van der Waals surface area contributed by atoms with Gasteiger partial charge in [-0.15, -0.1) is 0 Å². The van der Waals surface area contributed by atoms with Crippen LogP contribution in [-0.4, -0.2) is 55.7 Å². The molecule has 0 N–H and O–H groups in total. The van der Waals surface area contributed by atoms with Crippen molar-refractivity contribution in [3.8, 4) is 0 Å². The minimum absolute atomic E-state index is 0.0576. The van der Waals surface area contributed by atoms with E-state index in [-0.39, 0.29) is 6.42 Å². The Hall–Kier alpha value is -0.291. The van der Waals surface area contributed by atoms with Crippen LogP contribution in [0.4, 0.5) is 65.9 Å². The Labute approximate surface area is 215 Å². The molecule has 0 aromatic carbocycles. The van der Waals surface area contributed by atoms with E-state index in [0.29, 0.717) is 12.8 Å². The molecule has 0 unspecified atom stereocenters. The fourth-order valence-corrected chi connectivity index (χ4v) is 15.6. The predicted molar refractivity (Wildman–Crippen MR) is 110 cm³/mol. The fourth-order valence-electron chi connectivity index (χ4n) is 3.83. The van der Waals surface area contributed by atoms with E-state index in [1.807, 2.05) is 6.92 Å². The van der Waals surface area contributed by atoms with Gasteiger partial charge in [-0.3, -0.25) is 0 Å². The van der Waals surface area contributed by atoms with Crippen LogP contribution in [0, 0.1) is 0 Å². The standard InChI is InChI=1S/C9H19O.3C4H4F5.Sn/c1-2-3-4-5-6-7-8-9-10;3*5-3(6)1-2-4(7,8)9;/h2-9H2,1H3;3*1-2H2;/q-1;;;;+1. The molecule has 0 radical (unpaired) electrons. The van der Waals surface area contributed by atoms with Crippen molar-refractivity contribution in [3.63, 3.8) is 0 Å². The third-order valence-electron chi connectivity index (χ3n) is 5.78. The van der Waals surface area contributed by atoms with Gasteiger partial charge in [-0.25, -0.2) is 0 Å².